The molecule has 0 fully saturated rings. The van der Waals surface area contributed by atoms with Crippen LogP contribution in [-0.2, 0) is 26.0 Å². The molecular weight excluding hydrogens is 300 g/mol. The molecule has 0 aromatic heterocycles. The van der Waals surface area contributed by atoms with E-state index in [0.717, 1.165) is 26.4 Å². The molecular formula is C11H11F3O5P-. The van der Waals surface area contributed by atoms with Crippen LogP contribution in [-0.4, -0.2) is 20.2 Å². The second kappa shape index (κ2) is 5.95. The zero-order valence-corrected chi connectivity index (χ0v) is 11.5. The van der Waals surface area contributed by atoms with Crippen LogP contribution in [0.25, 0.3) is 0 Å². The highest BCUT2D eigenvalue weighted by Crippen LogP contribution is 2.51. The Morgan fingerprint density at radius 1 is 1.30 bits per heavy atom. The van der Waals surface area contributed by atoms with Gasteiger partial charge in [-0.25, -0.2) is 0 Å². The predicted molar refractivity (Wildman–Crippen MR) is 61.1 cm³/mol. The van der Waals surface area contributed by atoms with Crippen molar-refractivity contribution in [2.24, 2.45) is 0 Å². The van der Waals surface area contributed by atoms with E-state index in [9.17, 15) is 27.6 Å². The number of hydrogen-bond acceptors (Lipinski definition) is 5. The Morgan fingerprint density at radius 2 is 1.85 bits per heavy atom. The Labute approximate surface area is 112 Å². The van der Waals surface area contributed by atoms with Crippen LogP contribution in [0.4, 0.5) is 13.2 Å². The number of carbonyl (C=O) groups is 1. The van der Waals surface area contributed by atoms with Crippen molar-refractivity contribution in [3.63, 3.8) is 0 Å². The number of aromatic carboxylic acids is 1. The molecule has 1 aromatic rings. The molecule has 1 rings (SSSR count). The number of hydrogen-bond donors (Lipinski definition) is 0. The molecule has 0 saturated carbocycles. The standard InChI is InChI=1S/C11H12F3O5P/c1-18-20(17,19-2)6-8-4-3-7(10(15)16)5-9(8)11(12,13)14/h3-5H,6H2,1-2H3,(H,15,16)/p-1. The van der Waals surface area contributed by atoms with Crippen LogP contribution in [0, 0.1) is 0 Å². The van der Waals surface area contributed by atoms with Gasteiger partial charge in [-0.15, -0.1) is 0 Å². The van der Waals surface area contributed by atoms with Gasteiger partial charge in [0, 0.05) is 14.2 Å². The summed E-state index contributed by atoms with van der Waals surface area (Å²) in [6, 6.07) is 2.29. The second-order valence-corrected chi connectivity index (χ2v) is 6.06. The zero-order chi connectivity index (χ0) is 15.6. The zero-order valence-electron chi connectivity index (χ0n) is 10.6. The van der Waals surface area contributed by atoms with Crippen molar-refractivity contribution in [2.45, 2.75) is 12.3 Å². The Morgan fingerprint density at radius 3 is 2.25 bits per heavy atom. The van der Waals surface area contributed by atoms with Gasteiger partial charge in [0.1, 0.15) is 0 Å². The minimum absolute atomic E-state index is 0.380. The molecule has 9 heteroatoms. The summed E-state index contributed by atoms with van der Waals surface area (Å²) in [6.07, 6.45) is -5.42. The summed E-state index contributed by atoms with van der Waals surface area (Å²) < 4.78 is 59.7. The van der Waals surface area contributed by atoms with E-state index >= 15 is 0 Å². The summed E-state index contributed by atoms with van der Waals surface area (Å²) in [6.45, 7) is 0. The molecule has 0 N–H and O–H groups in total. The molecule has 0 aliphatic rings. The summed E-state index contributed by atoms with van der Waals surface area (Å²) in [7, 11) is -1.60. The lowest BCUT2D eigenvalue weighted by atomic mass is 10.0. The summed E-state index contributed by atoms with van der Waals surface area (Å²) >= 11 is 0. The molecule has 0 saturated heterocycles. The normalized spacial score (nSPS) is 12.4. The van der Waals surface area contributed by atoms with Crippen molar-refractivity contribution in [3.8, 4) is 0 Å². The lowest BCUT2D eigenvalue weighted by molar-refractivity contribution is -0.255. The maximum absolute atomic E-state index is 12.9. The maximum atomic E-state index is 12.9. The smallest absolute Gasteiger partial charge is 0.416 e. The molecule has 1 aromatic carbocycles. The molecule has 0 atom stereocenters. The number of carbonyl (C=O) groups excluding carboxylic acids is 1. The second-order valence-electron chi connectivity index (χ2n) is 3.79. The third-order valence-corrected chi connectivity index (χ3v) is 4.41. The first kappa shape index (κ1) is 16.7. The summed E-state index contributed by atoms with van der Waals surface area (Å²) in [4.78, 5) is 10.6. The van der Waals surface area contributed by atoms with E-state index in [4.69, 9.17) is 0 Å². The predicted octanol–water partition coefficient (Wildman–Crippen LogP) is 2.05. The highest BCUT2D eigenvalue weighted by atomic mass is 31.2. The molecule has 0 amide bonds. The highest BCUT2D eigenvalue weighted by Gasteiger charge is 2.36. The molecule has 0 spiro atoms. The van der Waals surface area contributed by atoms with Crippen LogP contribution in [0.15, 0.2) is 18.2 Å². The van der Waals surface area contributed by atoms with Gasteiger partial charge in [-0.1, -0.05) is 12.1 Å². The molecule has 112 valence electrons. The van der Waals surface area contributed by atoms with Crippen LogP contribution in [0.1, 0.15) is 21.5 Å². The van der Waals surface area contributed by atoms with E-state index in [2.05, 4.69) is 9.05 Å². The highest BCUT2D eigenvalue weighted by molar-refractivity contribution is 7.52. The Balaban J connectivity index is 3.33. The average Bonchev–Trinajstić information content (AvgIpc) is 2.37. The molecule has 0 aliphatic carbocycles. The van der Waals surface area contributed by atoms with Crippen LogP contribution in [0.3, 0.4) is 0 Å². The van der Waals surface area contributed by atoms with E-state index in [-0.39, 0.29) is 5.56 Å². The van der Waals surface area contributed by atoms with Gasteiger partial charge in [0.25, 0.3) is 0 Å². The van der Waals surface area contributed by atoms with E-state index in [1.54, 1.807) is 0 Å². The molecule has 20 heavy (non-hydrogen) atoms. The fourth-order valence-corrected chi connectivity index (χ4v) is 2.62. The van der Waals surface area contributed by atoms with E-state index < -0.39 is 37.0 Å². The van der Waals surface area contributed by atoms with Crippen molar-refractivity contribution in [3.05, 3.63) is 34.9 Å². The Bertz CT molecular complexity index is 547. The van der Waals surface area contributed by atoms with Crippen molar-refractivity contribution >= 4 is 13.6 Å². The van der Waals surface area contributed by atoms with Crippen molar-refractivity contribution in [2.75, 3.05) is 14.2 Å². The summed E-state index contributed by atoms with van der Waals surface area (Å²) in [5, 5.41) is 10.6. The lowest BCUT2D eigenvalue weighted by Gasteiger charge is -2.18. The number of carboxylic acids is 1. The van der Waals surface area contributed by atoms with Crippen LogP contribution < -0.4 is 5.11 Å². The van der Waals surface area contributed by atoms with Gasteiger partial charge in [0.05, 0.1) is 17.7 Å². The van der Waals surface area contributed by atoms with Crippen molar-refractivity contribution in [1.29, 1.82) is 0 Å². The van der Waals surface area contributed by atoms with Crippen LogP contribution in [0.5, 0.6) is 0 Å². The summed E-state index contributed by atoms with van der Waals surface area (Å²) in [5.41, 5.74) is -2.21. The van der Waals surface area contributed by atoms with E-state index in [1.807, 2.05) is 0 Å². The van der Waals surface area contributed by atoms with Gasteiger partial charge in [-0.05, 0) is 17.2 Å². The molecule has 0 heterocycles. The van der Waals surface area contributed by atoms with Gasteiger partial charge in [0.15, 0.2) is 0 Å². The first-order valence-corrected chi connectivity index (χ1v) is 6.98. The minimum atomic E-state index is -4.80. The van der Waals surface area contributed by atoms with E-state index in [0.29, 0.717) is 6.07 Å². The van der Waals surface area contributed by atoms with Gasteiger partial charge in [-0.3, -0.25) is 4.57 Å². The Kier molecular flexibility index (Phi) is 4.96. The quantitative estimate of drug-likeness (QED) is 0.778. The molecule has 0 aliphatic heterocycles. The molecule has 5 nitrogen and oxygen atoms in total. The first-order valence-electron chi connectivity index (χ1n) is 5.25. The Hall–Kier alpha value is -1.37. The maximum Gasteiger partial charge on any atom is 0.416 e. The number of benzene rings is 1. The average molecular weight is 311 g/mol. The van der Waals surface area contributed by atoms with Crippen LogP contribution >= 0.6 is 7.60 Å². The SMILES string of the molecule is COP(=O)(Cc1ccc(C(=O)[O-])cc1C(F)(F)F)OC. The molecule has 0 radical (unpaired) electrons. The molecule has 0 bridgehead atoms. The van der Waals surface area contributed by atoms with E-state index in [1.165, 1.54) is 0 Å². The minimum Gasteiger partial charge on any atom is -0.545 e. The number of halogens is 3. The third-order valence-electron chi connectivity index (χ3n) is 2.57. The number of alkyl halides is 3. The molecule has 0 unspecified atom stereocenters. The monoisotopic (exact) mass is 311 g/mol. The first-order chi connectivity index (χ1) is 9.13. The summed E-state index contributed by atoms with van der Waals surface area (Å²) in [5.74, 6) is -1.73. The lowest BCUT2D eigenvalue weighted by Crippen LogP contribution is -2.23. The topological polar surface area (TPSA) is 75.7 Å². The van der Waals surface area contributed by atoms with Crippen molar-refractivity contribution < 1.29 is 36.7 Å². The van der Waals surface area contributed by atoms with Gasteiger partial charge >= 0.3 is 13.8 Å². The number of carboxylic acid groups (broad SMARTS) is 1. The largest absolute Gasteiger partial charge is 0.545 e. The van der Waals surface area contributed by atoms with Crippen molar-refractivity contribution in [1.82, 2.24) is 0 Å². The fourth-order valence-electron chi connectivity index (χ4n) is 1.52. The third kappa shape index (κ3) is 3.82. The van der Waals surface area contributed by atoms with Gasteiger partial charge in [-0.2, -0.15) is 13.2 Å². The van der Waals surface area contributed by atoms with Crippen LogP contribution in [0.2, 0.25) is 0 Å². The fraction of sp³-hybridized carbons (Fsp3) is 0.364. The van der Waals surface area contributed by atoms with Gasteiger partial charge < -0.3 is 18.9 Å². The number of rotatable bonds is 5. The van der Waals surface area contributed by atoms with Gasteiger partial charge in [0.2, 0.25) is 0 Å².